The smallest absolute Gasteiger partial charge is 0.406 e. The van der Waals surface area contributed by atoms with Gasteiger partial charge < -0.3 is 30.2 Å². The quantitative estimate of drug-likeness (QED) is 0.525. The fourth-order valence-corrected chi connectivity index (χ4v) is 3.47. The number of nitrogens with zero attached hydrogens (tertiary/aromatic N) is 4. The summed E-state index contributed by atoms with van der Waals surface area (Å²) >= 11 is 0. The van der Waals surface area contributed by atoms with Gasteiger partial charge >= 0.3 is 5.82 Å². The third-order valence-corrected chi connectivity index (χ3v) is 4.79. The van der Waals surface area contributed by atoms with Crippen LogP contribution in [0.3, 0.4) is 0 Å². The van der Waals surface area contributed by atoms with Crippen molar-refractivity contribution in [1.82, 2.24) is 20.1 Å². The minimum Gasteiger partial charge on any atom is -0.483 e. The number of nitrogens with one attached hydrogen (secondary N) is 1. The van der Waals surface area contributed by atoms with E-state index in [9.17, 15) is 15.2 Å². The Kier molecular flexibility index (Phi) is 6.14. The van der Waals surface area contributed by atoms with Crippen LogP contribution in [0.15, 0.2) is 18.3 Å². The van der Waals surface area contributed by atoms with Gasteiger partial charge in [0.1, 0.15) is 18.9 Å². The molecule has 0 aromatic carbocycles. The van der Waals surface area contributed by atoms with Gasteiger partial charge in [0.05, 0.1) is 0 Å². The van der Waals surface area contributed by atoms with E-state index in [0.29, 0.717) is 12.6 Å². The fraction of sp³-hybridized carbons (Fsp3) is 0.688. The van der Waals surface area contributed by atoms with E-state index in [4.69, 9.17) is 4.74 Å². The first-order valence-electron chi connectivity index (χ1n) is 8.71. The molecule has 0 bridgehead atoms. The van der Waals surface area contributed by atoms with Crippen molar-refractivity contribution in [2.45, 2.75) is 25.0 Å². The Morgan fingerprint density at radius 2 is 2.24 bits per heavy atom. The molecule has 9 heteroatoms. The summed E-state index contributed by atoms with van der Waals surface area (Å²) in [6.07, 6.45) is 2.86. The van der Waals surface area contributed by atoms with E-state index >= 15 is 0 Å². The molecule has 1 atom stereocenters. The predicted molar refractivity (Wildman–Crippen MR) is 91.4 cm³/mol. The molecule has 0 spiro atoms. The van der Waals surface area contributed by atoms with E-state index < -0.39 is 11.0 Å². The summed E-state index contributed by atoms with van der Waals surface area (Å²) < 4.78 is 5.41. The molecule has 2 fully saturated rings. The summed E-state index contributed by atoms with van der Waals surface area (Å²) in [7, 11) is 0. The molecular weight excluding hydrogens is 326 g/mol. The molecule has 0 amide bonds. The van der Waals surface area contributed by atoms with E-state index in [2.05, 4.69) is 20.1 Å². The Hall–Kier alpha value is -1.81. The number of β-amino-alcohol motifs (C(OH)–C–C–N with tert-alkyl or cyclic N) is 1. The minimum atomic E-state index is -0.690. The lowest BCUT2D eigenvalue weighted by atomic mass is 10.0. The molecule has 0 saturated carbocycles. The van der Waals surface area contributed by atoms with Gasteiger partial charge in [-0.1, -0.05) is 0 Å². The molecule has 0 radical (unpaired) electrons. The maximum atomic E-state index is 10.9. The first-order valence-corrected chi connectivity index (χ1v) is 8.71. The van der Waals surface area contributed by atoms with Gasteiger partial charge in [0, 0.05) is 32.3 Å². The van der Waals surface area contributed by atoms with Crippen LogP contribution in [0, 0.1) is 10.1 Å². The number of pyridine rings is 1. The van der Waals surface area contributed by atoms with Gasteiger partial charge in [-0.05, 0) is 48.0 Å². The van der Waals surface area contributed by atoms with Gasteiger partial charge in [-0.25, -0.2) is 0 Å². The number of ether oxygens (including phenoxy) is 1. The Morgan fingerprint density at radius 1 is 1.44 bits per heavy atom. The molecule has 3 heterocycles. The van der Waals surface area contributed by atoms with Crippen molar-refractivity contribution in [2.75, 3.05) is 46.0 Å². The van der Waals surface area contributed by atoms with E-state index in [1.54, 1.807) is 6.07 Å². The van der Waals surface area contributed by atoms with Crippen LogP contribution >= 0.6 is 0 Å². The van der Waals surface area contributed by atoms with Gasteiger partial charge in [0.15, 0.2) is 0 Å². The first kappa shape index (κ1) is 18.0. The third-order valence-electron chi connectivity index (χ3n) is 4.79. The molecule has 2 saturated heterocycles. The second kappa shape index (κ2) is 8.52. The highest BCUT2D eigenvalue weighted by Crippen LogP contribution is 2.23. The number of hydrogen-bond acceptors (Lipinski definition) is 8. The molecule has 3 rings (SSSR count). The van der Waals surface area contributed by atoms with Crippen molar-refractivity contribution in [1.29, 1.82) is 0 Å². The molecule has 2 aliphatic rings. The molecule has 138 valence electrons. The maximum Gasteiger partial charge on any atom is 0.406 e. The number of nitro groups is 1. The Morgan fingerprint density at radius 3 is 2.92 bits per heavy atom. The second-order valence-electron chi connectivity index (χ2n) is 6.55. The minimum absolute atomic E-state index is 0.0164. The molecule has 1 unspecified atom stereocenters. The van der Waals surface area contributed by atoms with Crippen LogP contribution in [0.5, 0.6) is 5.75 Å². The monoisotopic (exact) mass is 351 g/mol. The van der Waals surface area contributed by atoms with Crippen molar-refractivity contribution in [3.8, 4) is 5.75 Å². The summed E-state index contributed by atoms with van der Waals surface area (Å²) in [6, 6.07) is 3.69. The molecule has 25 heavy (non-hydrogen) atoms. The average molecular weight is 351 g/mol. The van der Waals surface area contributed by atoms with Crippen LogP contribution in [0.1, 0.15) is 12.8 Å². The average Bonchev–Trinajstić information content (AvgIpc) is 3.15. The van der Waals surface area contributed by atoms with Gasteiger partial charge in [-0.2, -0.15) is 0 Å². The number of likely N-dealkylation sites (tertiary alicyclic amines) is 1. The molecular formula is C16H25N5O4. The van der Waals surface area contributed by atoms with Gasteiger partial charge in [-0.15, -0.1) is 0 Å². The highest BCUT2D eigenvalue weighted by Gasteiger charge is 2.27. The fourth-order valence-electron chi connectivity index (χ4n) is 3.47. The number of rotatable bonds is 7. The van der Waals surface area contributed by atoms with Crippen molar-refractivity contribution in [3.63, 3.8) is 0 Å². The lowest BCUT2D eigenvalue weighted by Crippen LogP contribution is -2.47. The maximum absolute atomic E-state index is 10.9. The van der Waals surface area contributed by atoms with Crippen molar-refractivity contribution < 1.29 is 14.8 Å². The lowest BCUT2D eigenvalue weighted by Gasteiger charge is -2.36. The zero-order valence-corrected chi connectivity index (χ0v) is 14.2. The number of aliphatic hydroxyl groups excluding tert-OH is 1. The van der Waals surface area contributed by atoms with E-state index in [1.165, 1.54) is 12.3 Å². The first-order chi connectivity index (χ1) is 12.1. The third kappa shape index (κ3) is 4.85. The van der Waals surface area contributed by atoms with Crippen LogP contribution in [-0.4, -0.2) is 83.0 Å². The van der Waals surface area contributed by atoms with Gasteiger partial charge in [-0.3, -0.25) is 4.90 Å². The molecule has 9 nitrogen and oxygen atoms in total. The molecule has 1 aromatic rings. The number of aromatic nitrogens is 1. The van der Waals surface area contributed by atoms with Gasteiger partial charge in [0.25, 0.3) is 0 Å². The van der Waals surface area contributed by atoms with E-state index in [1.807, 2.05) is 0 Å². The molecule has 0 aliphatic carbocycles. The van der Waals surface area contributed by atoms with Crippen LogP contribution in [-0.2, 0) is 0 Å². The van der Waals surface area contributed by atoms with Crippen molar-refractivity contribution >= 4 is 5.82 Å². The largest absolute Gasteiger partial charge is 0.483 e. The molecule has 2 aliphatic heterocycles. The zero-order valence-electron chi connectivity index (χ0n) is 14.2. The number of hydrogen-bond donors (Lipinski definition) is 2. The Balaban J connectivity index is 1.41. The summed E-state index contributed by atoms with van der Waals surface area (Å²) in [5.74, 6) is -0.235. The van der Waals surface area contributed by atoms with Crippen molar-refractivity contribution in [2.24, 2.45) is 0 Å². The molecule has 1 aromatic heterocycles. The summed E-state index contributed by atoms with van der Waals surface area (Å²) in [5.41, 5.74) is 0. The summed E-state index contributed by atoms with van der Waals surface area (Å²) in [6.45, 7) is 5.59. The SMILES string of the molecule is O=[N+]([O-])c1ncccc1OCC(O)CN1CCC(N2CCNC2)CC1. The van der Waals surface area contributed by atoms with Crippen LogP contribution in [0.2, 0.25) is 0 Å². The topological polar surface area (TPSA) is 104 Å². The number of piperidine rings is 1. The van der Waals surface area contributed by atoms with Crippen molar-refractivity contribution in [3.05, 3.63) is 28.4 Å². The Bertz CT molecular complexity index is 573. The summed E-state index contributed by atoms with van der Waals surface area (Å²) in [5, 5.41) is 24.5. The second-order valence-corrected chi connectivity index (χ2v) is 6.55. The predicted octanol–water partition coefficient (Wildman–Crippen LogP) is 0.0566. The van der Waals surface area contributed by atoms with E-state index in [-0.39, 0.29) is 18.2 Å². The standard InChI is InChI=1S/C16H25N5O4/c22-14(11-25-15-2-1-5-18-16(15)21(23)24)10-19-7-3-13(4-8-19)20-9-6-17-12-20/h1-2,5,13-14,17,22H,3-4,6-12H2. The number of aliphatic hydroxyl groups is 1. The van der Waals surface area contributed by atoms with Crippen LogP contribution < -0.4 is 10.1 Å². The Labute approximate surface area is 146 Å². The van der Waals surface area contributed by atoms with E-state index in [0.717, 1.165) is 45.7 Å². The summed E-state index contributed by atoms with van der Waals surface area (Å²) in [4.78, 5) is 18.7. The van der Waals surface area contributed by atoms with Crippen LogP contribution in [0.25, 0.3) is 0 Å². The zero-order chi connectivity index (χ0) is 17.6. The van der Waals surface area contributed by atoms with Crippen LogP contribution in [0.4, 0.5) is 5.82 Å². The highest BCUT2D eigenvalue weighted by molar-refractivity contribution is 5.38. The lowest BCUT2D eigenvalue weighted by molar-refractivity contribution is -0.390. The highest BCUT2D eigenvalue weighted by atomic mass is 16.6. The normalized spacial score (nSPS) is 21.3. The molecule has 2 N–H and O–H groups in total. The van der Waals surface area contributed by atoms with Gasteiger partial charge in [0.2, 0.25) is 5.75 Å².